The van der Waals surface area contributed by atoms with Crippen molar-refractivity contribution < 1.29 is 29.0 Å². The van der Waals surface area contributed by atoms with Crippen LogP contribution in [-0.2, 0) is 23.9 Å². The molecular formula is C34H52O6. The molecule has 5 aliphatic rings. The molecule has 5 rings (SSSR count). The third-order valence-electron chi connectivity index (χ3n) is 13.4. The van der Waals surface area contributed by atoms with Crippen LogP contribution in [-0.4, -0.2) is 41.6 Å². The maximum atomic E-state index is 14.4. The Labute approximate surface area is 241 Å². The highest BCUT2D eigenvalue weighted by Crippen LogP contribution is 2.75. The summed E-state index contributed by atoms with van der Waals surface area (Å²) in [6, 6.07) is 0. The predicted molar refractivity (Wildman–Crippen MR) is 153 cm³/mol. The van der Waals surface area contributed by atoms with E-state index in [0.29, 0.717) is 18.8 Å². The minimum absolute atomic E-state index is 0.00424. The van der Waals surface area contributed by atoms with E-state index in [2.05, 4.69) is 54.5 Å². The van der Waals surface area contributed by atoms with Gasteiger partial charge in [0.2, 0.25) is 0 Å². The van der Waals surface area contributed by atoms with Gasteiger partial charge in [-0.15, -0.1) is 0 Å². The van der Waals surface area contributed by atoms with Crippen molar-refractivity contribution in [2.24, 2.45) is 50.2 Å². The lowest BCUT2D eigenvalue weighted by molar-refractivity contribution is -0.229. The third kappa shape index (κ3) is 4.01. The summed E-state index contributed by atoms with van der Waals surface area (Å²) in [5.74, 6) is -0.0985. The highest BCUT2D eigenvalue weighted by Gasteiger charge is 2.72. The van der Waals surface area contributed by atoms with Crippen molar-refractivity contribution in [3.05, 3.63) is 11.6 Å². The number of allylic oxidation sites excluding steroid dienone is 1. The summed E-state index contributed by atoms with van der Waals surface area (Å²) in [7, 11) is 0. The van der Waals surface area contributed by atoms with Gasteiger partial charge in [-0.05, 0) is 73.0 Å². The molecule has 5 aliphatic carbocycles. The molecule has 1 N–H and O–H groups in total. The molecule has 0 radical (unpaired) electrons. The lowest BCUT2D eigenvalue weighted by Gasteiger charge is -2.71. The van der Waals surface area contributed by atoms with Crippen molar-refractivity contribution in [1.29, 1.82) is 0 Å². The van der Waals surface area contributed by atoms with E-state index in [9.17, 15) is 19.5 Å². The summed E-state index contributed by atoms with van der Waals surface area (Å²) in [6.07, 6.45) is 7.88. The van der Waals surface area contributed by atoms with Crippen LogP contribution in [0.3, 0.4) is 0 Å². The Morgan fingerprint density at radius 1 is 0.950 bits per heavy atom. The Hall–Kier alpha value is -1.69. The minimum atomic E-state index is -0.708. The standard InChI is InChI=1S/C34H52O6/c1-20(35)39-19-34-15-14-29(3,4)17-23(34)22-16-24(37)28-31(7)12-11-27(40-21(2)36)30(5,6)25(31)10-13-32(28,8)33(22,9)18-26(34)38/h16,23-25,27-28,37H,10-15,17-19H2,1-9H3/t23?,24-,25?,27+,28?,31+,32-,33-,34-/m1/s1. The van der Waals surface area contributed by atoms with E-state index < -0.39 is 11.5 Å². The normalized spacial score (nSPS) is 47.0. The van der Waals surface area contributed by atoms with Crippen molar-refractivity contribution in [2.75, 3.05) is 6.61 Å². The van der Waals surface area contributed by atoms with Crippen LogP contribution >= 0.6 is 0 Å². The van der Waals surface area contributed by atoms with Crippen molar-refractivity contribution in [3.63, 3.8) is 0 Å². The SMILES string of the molecule is CC(=O)OC[C@]12CCC(C)(C)CC1C1=C[C@@H](O)C3[C@@]4(C)CC[C@H](OC(C)=O)C(C)(C)C4CC[C@@]3(C)[C@]1(C)CC2=O. The quantitative estimate of drug-likeness (QED) is 0.318. The highest BCUT2D eigenvalue weighted by molar-refractivity contribution is 5.89. The maximum Gasteiger partial charge on any atom is 0.302 e. The van der Waals surface area contributed by atoms with Crippen LogP contribution in [0, 0.1) is 50.2 Å². The van der Waals surface area contributed by atoms with E-state index in [-0.39, 0.29) is 69.3 Å². The molecule has 0 amide bonds. The monoisotopic (exact) mass is 556 g/mol. The number of aliphatic hydroxyl groups is 1. The Morgan fingerprint density at radius 2 is 1.62 bits per heavy atom. The van der Waals surface area contributed by atoms with Gasteiger partial charge >= 0.3 is 11.9 Å². The highest BCUT2D eigenvalue weighted by atomic mass is 16.5. The van der Waals surface area contributed by atoms with E-state index in [1.54, 1.807) is 0 Å². The van der Waals surface area contributed by atoms with E-state index in [0.717, 1.165) is 38.5 Å². The first-order valence-corrected chi connectivity index (χ1v) is 15.6. The Morgan fingerprint density at radius 3 is 2.25 bits per heavy atom. The lowest BCUT2D eigenvalue weighted by Crippen LogP contribution is -2.69. The molecule has 0 aromatic rings. The van der Waals surface area contributed by atoms with Crippen molar-refractivity contribution in [3.8, 4) is 0 Å². The molecule has 224 valence electrons. The maximum absolute atomic E-state index is 14.4. The first-order chi connectivity index (χ1) is 18.3. The number of esters is 2. The Balaban J connectivity index is 1.60. The zero-order valence-electron chi connectivity index (χ0n) is 26.3. The van der Waals surface area contributed by atoms with Crippen LogP contribution in [0.25, 0.3) is 0 Å². The van der Waals surface area contributed by atoms with Crippen LogP contribution in [0.15, 0.2) is 11.6 Å². The van der Waals surface area contributed by atoms with Gasteiger partial charge in [-0.25, -0.2) is 0 Å². The van der Waals surface area contributed by atoms with E-state index in [1.165, 1.54) is 19.4 Å². The molecule has 3 unspecified atom stereocenters. The summed E-state index contributed by atoms with van der Waals surface area (Å²) in [6.45, 7) is 19.1. The number of Topliss-reactive ketones (excluding diaryl/α,β-unsaturated/α-hetero) is 1. The van der Waals surface area contributed by atoms with Crippen LogP contribution in [0.5, 0.6) is 0 Å². The Bertz CT molecular complexity index is 1140. The fourth-order valence-corrected chi connectivity index (χ4v) is 11.2. The molecule has 0 aromatic carbocycles. The fraction of sp³-hybridized carbons (Fsp3) is 0.853. The first-order valence-electron chi connectivity index (χ1n) is 15.6. The van der Waals surface area contributed by atoms with E-state index in [4.69, 9.17) is 9.47 Å². The van der Waals surface area contributed by atoms with Gasteiger partial charge in [0, 0.05) is 37.0 Å². The minimum Gasteiger partial charge on any atom is -0.465 e. The number of fused-ring (bicyclic) bond motifs is 7. The van der Waals surface area contributed by atoms with Crippen molar-refractivity contribution in [1.82, 2.24) is 0 Å². The number of hydrogen-bond acceptors (Lipinski definition) is 6. The molecule has 0 aliphatic heterocycles. The molecule has 6 heteroatoms. The van der Waals surface area contributed by atoms with E-state index >= 15 is 0 Å². The predicted octanol–water partition coefficient (Wildman–Crippen LogP) is 6.43. The second kappa shape index (κ2) is 9.15. The smallest absolute Gasteiger partial charge is 0.302 e. The average molecular weight is 557 g/mol. The summed E-state index contributed by atoms with van der Waals surface area (Å²) >= 11 is 0. The van der Waals surface area contributed by atoms with Gasteiger partial charge in [-0.2, -0.15) is 0 Å². The number of rotatable bonds is 3. The molecule has 4 fully saturated rings. The number of aliphatic hydroxyl groups excluding tert-OH is 1. The van der Waals surface area contributed by atoms with Gasteiger partial charge in [-0.1, -0.05) is 60.1 Å². The number of hydrogen-bond donors (Lipinski definition) is 1. The molecule has 0 spiro atoms. The zero-order chi connectivity index (χ0) is 29.7. The van der Waals surface area contributed by atoms with Crippen molar-refractivity contribution >= 4 is 17.7 Å². The molecular weight excluding hydrogens is 504 g/mol. The summed E-state index contributed by atoms with van der Waals surface area (Å²) < 4.78 is 11.5. The molecule has 9 atom stereocenters. The lowest BCUT2D eigenvalue weighted by atomic mass is 9.33. The largest absolute Gasteiger partial charge is 0.465 e. The van der Waals surface area contributed by atoms with Crippen LogP contribution in [0.4, 0.5) is 0 Å². The van der Waals surface area contributed by atoms with Gasteiger partial charge in [0.05, 0.1) is 11.5 Å². The first kappa shape index (κ1) is 29.8. The fourth-order valence-electron chi connectivity index (χ4n) is 11.2. The molecule has 0 aromatic heterocycles. The number of ether oxygens (including phenoxy) is 2. The molecule has 0 saturated heterocycles. The number of carbonyl (C=O) groups is 3. The molecule has 0 bridgehead atoms. The zero-order valence-corrected chi connectivity index (χ0v) is 26.3. The second-order valence-corrected chi connectivity index (χ2v) is 16.4. The molecule has 6 nitrogen and oxygen atoms in total. The van der Waals surface area contributed by atoms with Crippen LogP contribution in [0.2, 0.25) is 0 Å². The Kier molecular flexibility index (Phi) is 6.82. The van der Waals surface area contributed by atoms with Crippen molar-refractivity contribution in [2.45, 2.75) is 126 Å². The molecule has 40 heavy (non-hydrogen) atoms. The molecule has 4 saturated carbocycles. The molecule has 0 heterocycles. The van der Waals surface area contributed by atoms with Gasteiger partial charge in [0.1, 0.15) is 18.5 Å². The topological polar surface area (TPSA) is 89.9 Å². The van der Waals surface area contributed by atoms with Gasteiger partial charge < -0.3 is 14.6 Å². The summed E-state index contributed by atoms with van der Waals surface area (Å²) in [5, 5.41) is 12.2. The average Bonchev–Trinajstić information content (AvgIpc) is 2.81. The van der Waals surface area contributed by atoms with Gasteiger partial charge in [0.25, 0.3) is 0 Å². The van der Waals surface area contributed by atoms with Gasteiger partial charge in [0.15, 0.2) is 0 Å². The van der Waals surface area contributed by atoms with Gasteiger partial charge in [-0.3, -0.25) is 14.4 Å². The number of ketones is 1. The van der Waals surface area contributed by atoms with E-state index in [1.807, 2.05) is 0 Å². The second-order valence-electron chi connectivity index (χ2n) is 16.4. The summed E-state index contributed by atoms with van der Waals surface area (Å²) in [5.41, 5.74) is -0.421. The third-order valence-corrected chi connectivity index (χ3v) is 13.4. The summed E-state index contributed by atoms with van der Waals surface area (Å²) in [4.78, 5) is 38.3. The van der Waals surface area contributed by atoms with Crippen LogP contribution in [0.1, 0.15) is 114 Å². The van der Waals surface area contributed by atoms with Crippen LogP contribution < -0.4 is 0 Å². The number of carbonyl (C=O) groups excluding carboxylic acids is 3.